The van der Waals surface area contributed by atoms with Gasteiger partial charge in [-0.25, -0.2) is 4.98 Å². The van der Waals surface area contributed by atoms with E-state index in [1.165, 1.54) is 29.7 Å². The Balaban J connectivity index is 1.54. The number of fused-ring (bicyclic) bond motifs is 1. The first-order valence-corrected chi connectivity index (χ1v) is 10.8. The molecule has 4 nitrogen and oxygen atoms in total. The van der Waals surface area contributed by atoms with E-state index in [0.29, 0.717) is 0 Å². The zero-order valence-electron chi connectivity index (χ0n) is 17.5. The van der Waals surface area contributed by atoms with Crippen molar-refractivity contribution in [3.63, 3.8) is 0 Å². The highest BCUT2D eigenvalue weighted by molar-refractivity contribution is 5.72. The second-order valence-corrected chi connectivity index (χ2v) is 8.52. The van der Waals surface area contributed by atoms with Crippen molar-refractivity contribution < 1.29 is 0 Å². The van der Waals surface area contributed by atoms with Crippen molar-refractivity contribution in [2.24, 2.45) is 5.92 Å². The van der Waals surface area contributed by atoms with Crippen molar-refractivity contribution in [2.75, 3.05) is 18.8 Å². The van der Waals surface area contributed by atoms with Gasteiger partial charge in [0, 0.05) is 30.5 Å². The van der Waals surface area contributed by atoms with Crippen LogP contribution in [0.2, 0.25) is 0 Å². The minimum atomic E-state index is 0.747. The molecule has 4 heteroatoms. The van der Waals surface area contributed by atoms with Gasteiger partial charge >= 0.3 is 0 Å². The number of likely N-dealkylation sites (tertiary alicyclic amines) is 1. The Morgan fingerprint density at radius 1 is 0.933 bits per heavy atom. The summed E-state index contributed by atoms with van der Waals surface area (Å²) in [7, 11) is 0. The van der Waals surface area contributed by atoms with Gasteiger partial charge in [0.05, 0.1) is 11.4 Å². The fraction of sp³-hybridized carbons (Fsp3) is 0.269. The molecule has 30 heavy (non-hydrogen) atoms. The number of nitrogen functional groups attached to an aromatic ring is 1. The molecular formula is C26H28N4. The molecule has 4 aromatic rings. The lowest BCUT2D eigenvalue weighted by molar-refractivity contribution is 0.174. The maximum absolute atomic E-state index is 6.12. The van der Waals surface area contributed by atoms with Crippen LogP contribution in [0, 0.1) is 5.92 Å². The third-order valence-corrected chi connectivity index (χ3v) is 6.12. The predicted molar refractivity (Wildman–Crippen MR) is 124 cm³/mol. The first-order chi connectivity index (χ1) is 14.7. The average Bonchev–Trinajstić information content (AvgIpc) is 3.12. The van der Waals surface area contributed by atoms with Gasteiger partial charge < -0.3 is 10.1 Å². The van der Waals surface area contributed by atoms with Crippen LogP contribution in [0.5, 0.6) is 0 Å². The number of pyridine rings is 1. The number of benzene rings is 2. The fourth-order valence-corrected chi connectivity index (χ4v) is 4.59. The number of aromatic nitrogens is 2. The van der Waals surface area contributed by atoms with Crippen molar-refractivity contribution in [3.05, 3.63) is 78.6 Å². The number of rotatable bonds is 4. The lowest BCUT2D eigenvalue weighted by atomic mass is 9.99. The molecule has 2 aromatic carbocycles. The maximum atomic E-state index is 6.12. The summed E-state index contributed by atoms with van der Waals surface area (Å²) in [5.74, 6) is 0.747. The number of nitrogens with zero attached hydrogens (tertiary/aromatic N) is 3. The summed E-state index contributed by atoms with van der Waals surface area (Å²) in [4.78, 5) is 7.55. The Labute approximate surface area is 178 Å². The summed E-state index contributed by atoms with van der Waals surface area (Å²) >= 11 is 0. The van der Waals surface area contributed by atoms with Crippen LogP contribution in [0.25, 0.3) is 28.0 Å². The van der Waals surface area contributed by atoms with Gasteiger partial charge in [-0.2, -0.15) is 0 Å². The summed E-state index contributed by atoms with van der Waals surface area (Å²) in [6.07, 6.45) is 4.60. The summed E-state index contributed by atoms with van der Waals surface area (Å²) < 4.78 is 2.18. The number of nitrogens with two attached hydrogens (primary N) is 1. The number of imidazole rings is 1. The summed E-state index contributed by atoms with van der Waals surface area (Å²) in [6, 6.07) is 23.2. The summed E-state index contributed by atoms with van der Waals surface area (Å²) in [5, 5.41) is 0. The smallest absolute Gasteiger partial charge is 0.137 e. The molecule has 0 amide bonds. The summed E-state index contributed by atoms with van der Waals surface area (Å²) in [6.45, 7) is 5.53. The predicted octanol–water partition coefficient (Wildman–Crippen LogP) is 5.48. The van der Waals surface area contributed by atoms with Gasteiger partial charge in [0.15, 0.2) is 0 Å². The van der Waals surface area contributed by atoms with Gasteiger partial charge in [-0.05, 0) is 48.6 Å². The lowest BCUT2D eigenvalue weighted by Crippen LogP contribution is -2.34. The van der Waals surface area contributed by atoms with E-state index in [1.54, 1.807) is 0 Å². The molecule has 5 rings (SSSR count). The minimum absolute atomic E-state index is 0.747. The second kappa shape index (κ2) is 7.96. The van der Waals surface area contributed by atoms with E-state index >= 15 is 0 Å². The van der Waals surface area contributed by atoms with Gasteiger partial charge in [0.2, 0.25) is 0 Å². The molecule has 0 spiro atoms. The molecule has 1 saturated heterocycles. The van der Waals surface area contributed by atoms with Crippen molar-refractivity contribution in [3.8, 4) is 22.4 Å². The van der Waals surface area contributed by atoms with Crippen LogP contribution >= 0.6 is 0 Å². The molecule has 0 saturated carbocycles. The van der Waals surface area contributed by atoms with E-state index in [9.17, 15) is 0 Å². The van der Waals surface area contributed by atoms with Crippen LogP contribution in [0.1, 0.15) is 25.5 Å². The van der Waals surface area contributed by atoms with Crippen molar-refractivity contribution in [1.29, 1.82) is 0 Å². The molecule has 0 bridgehead atoms. The van der Waals surface area contributed by atoms with Crippen LogP contribution in [0.4, 0.5) is 5.69 Å². The van der Waals surface area contributed by atoms with Gasteiger partial charge in [-0.1, -0.05) is 61.5 Å². The normalized spacial score (nSPS) is 17.4. The number of piperidine rings is 1. The van der Waals surface area contributed by atoms with Gasteiger partial charge in [-0.15, -0.1) is 0 Å². The zero-order valence-corrected chi connectivity index (χ0v) is 17.5. The highest BCUT2D eigenvalue weighted by atomic mass is 15.2. The quantitative estimate of drug-likeness (QED) is 0.497. The molecule has 3 heterocycles. The average molecular weight is 397 g/mol. The molecule has 1 fully saturated rings. The Hall–Kier alpha value is -3.11. The molecule has 2 aromatic heterocycles. The van der Waals surface area contributed by atoms with E-state index in [4.69, 9.17) is 10.7 Å². The van der Waals surface area contributed by atoms with Crippen LogP contribution in [0.3, 0.4) is 0 Å². The third kappa shape index (κ3) is 3.71. The molecular weight excluding hydrogens is 368 g/mol. The van der Waals surface area contributed by atoms with Crippen molar-refractivity contribution in [1.82, 2.24) is 14.3 Å². The zero-order chi connectivity index (χ0) is 20.5. The highest BCUT2D eigenvalue weighted by Crippen LogP contribution is 2.30. The first-order valence-electron chi connectivity index (χ1n) is 10.8. The monoisotopic (exact) mass is 396 g/mol. The van der Waals surface area contributed by atoms with Crippen LogP contribution < -0.4 is 5.73 Å². The molecule has 2 N–H and O–H groups in total. The Kier molecular flexibility index (Phi) is 5.01. The van der Waals surface area contributed by atoms with Gasteiger partial charge in [0.25, 0.3) is 0 Å². The van der Waals surface area contributed by atoms with Crippen LogP contribution in [0.15, 0.2) is 72.9 Å². The van der Waals surface area contributed by atoms with Crippen LogP contribution in [-0.2, 0) is 6.54 Å². The fourth-order valence-electron chi connectivity index (χ4n) is 4.59. The van der Waals surface area contributed by atoms with Gasteiger partial charge in [-0.3, -0.25) is 4.90 Å². The van der Waals surface area contributed by atoms with Gasteiger partial charge in [0.1, 0.15) is 5.65 Å². The third-order valence-electron chi connectivity index (χ3n) is 6.12. The van der Waals surface area contributed by atoms with E-state index < -0.39 is 0 Å². The number of anilines is 1. The summed E-state index contributed by atoms with van der Waals surface area (Å²) in [5.41, 5.74) is 13.7. The topological polar surface area (TPSA) is 46.6 Å². The highest BCUT2D eigenvalue weighted by Gasteiger charge is 2.21. The lowest BCUT2D eigenvalue weighted by Gasteiger charge is -2.30. The van der Waals surface area contributed by atoms with E-state index in [0.717, 1.165) is 48.1 Å². The Bertz CT molecular complexity index is 1150. The number of hydrogen-bond acceptors (Lipinski definition) is 3. The first kappa shape index (κ1) is 18.9. The van der Waals surface area contributed by atoms with Crippen LogP contribution in [-0.4, -0.2) is 27.4 Å². The van der Waals surface area contributed by atoms with Crippen molar-refractivity contribution >= 4 is 11.3 Å². The maximum Gasteiger partial charge on any atom is 0.137 e. The van der Waals surface area contributed by atoms with E-state index in [-0.39, 0.29) is 0 Å². The largest absolute Gasteiger partial charge is 0.398 e. The molecule has 0 radical (unpaired) electrons. The minimum Gasteiger partial charge on any atom is -0.398 e. The standard InChI is InChI=1S/C26H28N4/c1-19-6-5-15-29(16-19)18-24-26(28-25-14-13-23(27)17-30(24)25)22-11-9-21(10-12-22)20-7-3-2-4-8-20/h2-4,7-14,17,19H,5-6,15-16,18,27H2,1H3. The Morgan fingerprint density at radius 3 is 2.43 bits per heavy atom. The second-order valence-electron chi connectivity index (χ2n) is 8.52. The van der Waals surface area contributed by atoms with E-state index in [2.05, 4.69) is 64.8 Å². The SMILES string of the molecule is CC1CCCN(Cc2c(-c3ccc(-c4ccccc4)cc3)nc3ccc(N)cn23)C1. The number of hydrogen-bond donors (Lipinski definition) is 1. The molecule has 1 aliphatic rings. The molecule has 1 aliphatic heterocycles. The molecule has 1 unspecified atom stereocenters. The molecule has 152 valence electrons. The molecule has 0 aliphatic carbocycles. The Morgan fingerprint density at radius 2 is 1.67 bits per heavy atom. The van der Waals surface area contributed by atoms with E-state index in [1.807, 2.05) is 24.4 Å². The van der Waals surface area contributed by atoms with Crippen molar-refractivity contribution in [2.45, 2.75) is 26.3 Å². The molecule has 1 atom stereocenters.